The molecule has 0 aromatic carbocycles. The Morgan fingerprint density at radius 2 is 0.902 bits per heavy atom. The van der Waals surface area contributed by atoms with Gasteiger partial charge in [0.25, 0.3) is 0 Å². The summed E-state index contributed by atoms with van der Waals surface area (Å²) < 4.78 is 50.1. The SMILES string of the molecule is CC1=CCCC1.CC1=CCCCC1.CC1=CCNC1.CC1=CCNCC1.CC1=CCOC1.CC1=CCSC1.CC1C=CCC1.CC1C=CCCC1.CC1C=CNC1.CC1C=CNCC1.CC1C=COC1.CC1C=COCC1.CC1C=CSC1.CC1C=CSCC1.CC1CC=CC1.CC1CCOCC1.CC1CCSCC1.CC1NCCCN1.CC1NCCCO1.CC1NCCO1.CC1OCCCO1.CC1OCCO1. The van der Waals surface area contributed by atoms with Gasteiger partial charge in [-0.3, -0.25) is 10.6 Å². The van der Waals surface area contributed by atoms with Crippen LogP contribution in [-0.4, -0.2) is 210 Å². The Morgan fingerprint density at radius 3 is 1.13 bits per heavy atom. The van der Waals surface area contributed by atoms with Crippen molar-refractivity contribution < 1.29 is 47.4 Å². The van der Waals surface area contributed by atoms with E-state index in [0.717, 1.165) is 197 Å². The van der Waals surface area contributed by atoms with Crippen molar-refractivity contribution in [2.75, 3.05) is 179 Å². The molecule has 22 heteroatoms. The third-order valence-corrected chi connectivity index (χ3v) is 29.3. The monoisotopic (exact) mass is 2070 g/mol. The van der Waals surface area contributed by atoms with Gasteiger partial charge < -0.3 is 79.3 Å². The molecule has 22 rings (SSSR count). The molecule has 0 bridgehead atoms. The highest BCUT2D eigenvalue weighted by molar-refractivity contribution is 8.02. The fourth-order valence-corrected chi connectivity index (χ4v) is 19.0. The van der Waals surface area contributed by atoms with Crippen molar-refractivity contribution in [3.05, 3.63) is 179 Å². The van der Waals surface area contributed by atoms with Crippen LogP contribution in [0.4, 0.5) is 0 Å². The second-order valence-corrected chi connectivity index (χ2v) is 45.5. The molecular formula is C121H220N8O10S4. The smallest absolute Gasteiger partial charge is 0.155 e. The average Bonchev–Trinajstić information content (AvgIpc) is 1.89. The molecule has 143 heavy (non-hydrogen) atoms. The minimum atomic E-state index is 0.0359. The molecular weight excluding hydrogens is 1850 g/mol. The van der Waals surface area contributed by atoms with Gasteiger partial charge in [0.1, 0.15) is 12.5 Å². The normalized spacial score (nSPS) is 26.8. The first kappa shape index (κ1) is 137. The molecule has 18 nitrogen and oxygen atoms in total. The quantitative estimate of drug-likeness (QED) is 0.107. The third kappa shape index (κ3) is 98.6. The van der Waals surface area contributed by atoms with E-state index in [2.05, 4.69) is 299 Å². The summed E-state index contributed by atoms with van der Waals surface area (Å²) in [6, 6.07) is 0. The summed E-state index contributed by atoms with van der Waals surface area (Å²) >= 11 is 7.91. The molecule has 17 heterocycles. The summed E-state index contributed by atoms with van der Waals surface area (Å²) in [7, 11) is 0. The molecule has 0 aromatic rings. The molecule has 5 aliphatic carbocycles. The molecule has 0 aromatic heterocycles. The summed E-state index contributed by atoms with van der Waals surface area (Å²) in [5.41, 5.74) is 9.06. The Bertz CT molecular complexity index is 2960. The van der Waals surface area contributed by atoms with Gasteiger partial charge in [-0.25, -0.2) is 0 Å². The highest BCUT2D eigenvalue weighted by Gasteiger charge is 2.14. The van der Waals surface area contributed by atoms with E-state index in [-0.39, 0.29) is 18.8 Å². The van der Waals surface area contributed by atoms with Gasteiger partial charge in [0, 0.05) is 82.3 Å². The number of rotatable bonds is 0. The molecule has 0 saturated carbocycles. The second kappa shape index (κ2) is 100. The van der Waals surface area contributed by atoms with Crippen LogP contribution in [0.15, 0.2) is 179 Å². The lowest BCUT2D eigenvalue weighted by Gasteiger charge is -2.20. The van der Waals surface area contributed by atoms with Crippen molar-refractivity contribution in [2.24, 2.45) is 65.1 Å². The summed E-state index contributed by atoms with van der Waals surface area (Å²) in [5, 5.41) is 29.8. The van der Waals surface area contributed by atoms with Crippen LogP contribution in [0.1, 0.15) is 313 Å². The zero-order valence-electron chi connectivity index (χ0n) is 95.3. The summed E-state index contributed by atoms with van der Waals surface area (Å²) in [6.07, 6.45) is 81.9. The van der Waals surface area contributed by atoms with Gasteiger partial charge in [-0.15, -0.1) is 23.5 Å². The van der Waals surface area contributed by atoms with Crippen LogP contribution in [-0.2, 0) is 47.4 Å². The van der Waals surface area contributed by atoms with Crippen molar-refractivity contribution in [3.8, 4) is 0 Å². The molecule has 0 radical (unpaired) electrons. The van der Waals surface area contributed by atoms with Gasteiger partial charge in [-0.2, -0.15) is 23.5 Å². The van der Waals surface area contributed by atoms with Crippen LogP contribution in [0.3, 0.4) is 0 Å². The van der Waals surface area contributed by atoms with Crippen LogP contribution in [0, 0.1) is 65.1 Å². The minimum absolute atomic E-state index is 0.0359. The van der Waals surface area contributed by atoms with E-state index in [0.29, 0.717) is 18.3 Å². The maximum atomic E-state index is 5.17. The number of nitrogens with one attached hydrogen (secondary N) is 8. The standard InChI is InChI=1S/2C7H12.2C6H11N.C6H12O.C6H10O.C6H12S.C6H10S.3C6H10.C5H12N2.C5H11NO.2C5H9N.C5H10O2.2C5H8O.2C5H8S.C4H9NO.C4H8O2/c2*1-7-5-3-2-4-6-7;6*1-6-2-4-7-5-3-6;3*1-6-4-2-3-5-6;2*1-5-6-3-2-4-7-5;2*1-5-2-3-6-4-5;1-5-6-3-2-4-7-5;4*1-5-2-3-6-4-5;2*1-4-5-2-3-6-4/h5H,2-4,6H2,1H3;3,5,7H,2,4,6H2,1H3;2,7H,3-5H2,1H3;2,4,6-7H,3,5H2,1H3;6H,2-5H2,1H3;2,4,6H,3,5H2,1H3;6H,2-5H2,1H3;2,4,6H,3,5H2,1H3;4H,2-3,5H2,1H3;2,4,6H,3,5H2,1H3;2-3,6H,4-5H2,1H3;5-7H,2-4H2,1H3;5-6H,2-4H2,1H3;2,6H,3-4H2,1H3;2-3,5-6H,4H2,1H3;5H,2-4H2,1H3;2H,3-4H2,1H3;2-3,5H,4H2,1H3;2H,3-4H2,1H3;2-3,5H,4H2,1H3;4-5H,2-3H2,1H3;4H,2-3H2,1H3. The molecule has 0 spiro atoms. The lowest BCUT2D eigenvalue weighted by atomic mass is 9.98. The molecule has 7 fully saturated rings. The lowest BCUT2D eigenvalue weighted by molar-refractivity contribution is -0.167. The van der Waals surface area contributed by atoms with E-state index in [1.807, 2.05) is 75.4 Å². The average molecular weight is 2080 g/mol. The molecule has 10 atom stereocenters. The maximum absolute atomic E-state index is 5.17. The number of thioether (sulfide) groups is 4. The Labute approximate surface area is 897 Å². The summed E-state index contributed by atoms with van der Waals surface area (Å²) in [4.78, 5) is 0. The van der Waals surface area contributed by atoms with Gasteiger partial charge in [-0.05, 0) is 380 Å². The van der Waals surface area contributed by atoms with Crippen molar-refractivity contribution >= 4 is 47.0 Å². The zero-order chi connectivity index (χ0) is 105. The Balaban J connectivity index is 0.000000749. The number of hydrogen-bond donors (Lipinski definition) is 8. The van der Waals surface area contributed by atoms with Crippen LogP contribution >= 0.6 is 47.0 Å². The third-order valence-electron chi connectivity index (χ3n) is 25.3. The summed E-state index contributed by atoms with van der Waals surface area (Å²) in [5.74, 6) is 17.1. The molecule has 828 valence electrons. The summed E-state index contributed by atoms with van der Waals surface area (Å²) in [6.45, 7) is 69.3. The molecule has 22 aliphatic rings. The topological polar surface area (TPSA) is 189 Å². The Kier molecular flexibility index (Phi) is 96.0. The molecule has 7 saturated heterocycles. The van der Waals surface area contributed by atoms with Gasteiger partial charge in [0.15, 0.2) is 12.6 Å². The van der Waals surface area contributed by atoms with Gasteiger partial charge in [0.2, 0.25) is 0 Å². The first-order chi connectivity index (χ1) is 69.2. The van der Waals surface area contributed by atoms with Gasteiger partial charge in [0.05, 0.1) is 78.2 Å². The molecule has 10 unspecified atom stereocenters. The number of ether oxygens (including phenoxy) is 10. The van der Waals surface area contributed by atoms with Gasteiger partial charge >= 0.3 is 0 Å². The fourth-order valence-electron chi connectivity index (χ4n) is 14.8. The lowest BCUT2D eigenvalue weighted by Crippen LogP contribution is -2.45. The highest BCUT2D eigenvalue weighted by Crippen LogP contribution is 2.24. The van der Waals surface area contributed by atoms with Crippen molar-refractivity contribution in [1.29, 1.82) is 0 Å². The predicted molar refractivity (Wildman–Crippen MR) is 631 cm³/mol. The zero-order valence-corrected chi connectivity index (χ0v) is 98.6. The first-order valence-corrected chi connectivity index (χ1v) is 60.8. The van der Waals surface area contributed by atoms with E-state index in [9.17, 15) is 0 Å². The number of hydrogen-bond acceptors (Lipinski definition) is 22. The minimum Gasteiger partial charge on any atom is -0.502 e. The first-order valence-electron chi connectivity index (χ1n) is 56.4. The highest BCUT2D eigenvalue weighted by atomic mass is 32.2. The van der Waals surface area contributed by atoms with Crippen molar-refractivity contribution in [3.63, 3.8) is 0 Å². The molecule has 8 N–H and O–H groups in total. The second-order valence-electron chi connectivity index (χ2n) is 41.3. The van der Waals surface area contributed by atoms with E-state index >= 15 is 0 Å². The van der Waals surface area contributed by atoms with Crippen LogP contribution < -0.4 is 42.5 Å². The largest absolute Gasteiger partial charge is 0.502 e. The van der Waals surface area contributed by atoms with E-state index in [1.54, 1.807) is 29.2 Å². The van der Waals surface area contributed by atoms with E-state index < -0.39 is 0 Å². The van der Waals surface area contributed by atoms with Crippen molar-refractivity contribution in [2.45, 2.75) is 344 Å². The van der Waals surface area contributed by atoms with Crippen LogP contribution in [0.2, 0.25) is 0 Å². The fraction of sp³-hybridized carbons (Fsp3) is 0.752. The number of allylic oxidation sites excluding steroid dienone is 14. The Morgan fingerprint density at radius 1 is 0.329 bits per heavy atom. The molecule has 17 aliphatic heterocycles. The van der Waals surface area contributed by atoms with Crippen LogP contribution in [0.25, 0.3) is 0 Å². The Hall–Kier alpha value is -3.86. The van der Waals surface area contributed by atoms with Gasteiger partial charge in [-0.1, -0.05) is 201 Å². The molecule has 0 amide bonds. The van der Waals surface area contributed by atoms with Crippen LogP contribution in [0.5, 0.6) is 0 Å². The van der Waals surface area contributed by atoms with Crippen molar-refractivity contribution in [1.82, 2.24) is 42.5 Å². The maximum Gasteiger partial charge on any atom is 0.155 e. The van der Waals surface area contributed by atoms with E-state index in [4.69, 9.17) is 47.4 Å². The van der Waals surface area contributed by atoms with E-state index in [1.165, 1.54) is 219 Å². The predicted octanol–water partition coefficient (Wildman–Crippen LogP) is 28.7.